The molecular weight excluding hydrogens is 304 g/mol. The van der Waals surface area contributed by atoms with Crippen LogP contribution in [-0.2, 0) is 14.3 Å². The maximum atomic E-state index is 13.1. The van der Waals surface area contributed by atoms with Crippen molar-refractivity contribution in [2.24, 2.45) is 22.5 Å². The maximum absolute atomic E-state index is 13.1. The number of esters is 1. The molecule has 3 N–H and O–H groups in total. The first-order valence-electron chi connectivity index (χ1n) is 9.35. The first kappa shape index (κ1) is 17.9. The molecule has 0 radical (unpaired) electrons. The molecule has 0 amide bonds. The molecule has 0 aromatic rings. The Morgan fingerprint density at radius 3 is 2.38 bits per heavy atom. The summed E-state index contributed by atoms with van der Waals surface area (Å²) in [5, 5.41) is 3.38. The Kier molecular flexibility index (Phi) is 4.32. The van der Waals surface area contributed by atoms with E-state index in [9.17, 15) is 9.59 Å². The summed E-state index contributed by atoms with van der Waals surface area (Å²) in [4.78, 5) is 25.6. The number of hydrogen-bond donors (Lipinski definition) is 2. The molecule has 0 aromatic heterocycles. The highest BCUT2D eigenvalue weighted by molar-refractivity contribution is 5.91. The van der Waals surface area contributed by atoms with Crippen LogP contribution in [0.15, 0.2) is 0 Å². The second kappa shape index (κ2) is 5.80. The van der Waals surface area contributed by atoms with Crippen LogP contribution in [0.4, 0.5) is 0 Å². The first-order valence-corrected chi connectivity index (χ1v) is 9.35. The lowest BCUT2D eigenvalue weighted by atomic mass is 9.45. The van der Waals surface area contributed by atoms with Gasteiger partial charge in [-0.3, -0.25) is 9.59 Å². The van der Waals surface area contributed by atoms with E-state index in [0.29, 0.717) is 12.3 Å². The number of rotatable bonds is 3. The molecular formula is C19H32N2O3. The average Bonchev–Trinajstić information content (AvgIpc) is 2.90. The molecule has 4 rings (SSSR count). The van der Waals surface area contributed by atoms with Crippen LogP contribution < -0.4 is 11.1 Å². The molecule has 2 unspecified atom stereocenters. The van der Waals surface area contributed by atoms with Gasteiger partial charge in [0.2, 0.25) is 0 Å². The van der Waals surface area contributed by atoms with E-state index in [2.05, 4.69) is 5.32 Å². The molecule has 1 saturated heterocycles. The topological polar surface area (TPSA) is 81.4 Å². The maximum Gasteiger partial charge on any atom is 0.323 e. The van der Waals surface area contributed by atoms with E-state index in [1.54, 1.807) is 6.92 Å². The number of Topliss-reactive ketones (excluding diaryl/α,β-unsaturated/α-hetero) is 1. The van der Waals surface area contributed by atoms with Crippen LogP contribution >= 0.6 is 0 Å². The summed E-state index contributed by atoms with van der Waals surface area (Å²) in [5.41, 5.74) is 5.05. The van der Waals surface area contributed by atoms with Crippen LogP contribution in [0.2, 0.25) is 0 Å². The Morgan fingerprint density at radius 2 is 1.83 bits per heavy atom. The number of nitrogens with one attached hydrogen (secondary N) is 1. The fraction of sp³-hybridized carbons (Fsp3) is 0.895. The number of fused-ring (bicyclic) bond motifs is 2. The van der Waals surface area contributed by atoms with Gasteiger partial charge in [-0.05, 0) is 77.6 Å². The fourth-order valence-corrected chi connectivity index (χ4v) is 5.51. The molecule has 4 aliphatic rings. The van der Waals surface area contributed by atoms with Crippen LogP contribution in [0.25, 0.3) is 0 Å². The molecule has 24 heavy (non-hydrogen) atoms. The minimum absolute atomic E-state index is 0.125. The molecule has 3 aliphatic carbocycles. The Balaban J connectivity index is 1.84. The van der Waals surface area contributed by atoms with Crippen molar-refractivity contribution in [3.63, 3.8) is 0 Å². The Hall–Kier alpha value is -0.940. The van der Waals surface area contributed by atoms with Gasteiger partial charge >= 0.3 is 5.97 Å². The van der Waals surface area contributed by atoms with E-state index >= 15 is 0 Å². The van der Waals surface area contributed by atoms with E-state index in [0.717, 1.165) is 38.6 Å². The summed E-state index contributed by atoms with van der Waals surface area (Å²) in [5.74, 6) is 0.698. The van der Waals surface area contributed by atoms with Crippen LogP contribution in [-0.4, -0.2) is 36.0 Å². The third-order valence-electron chi connectivity index (χ3n) is 6.51. The number of carbonyl (C=O) groups excluding carboxylic acids is 2. The molecule has 1 aliphatic heterocycles. The van der Waals surface area contributed by atoms with Crippen molar-refractivity contribution >= 4 is 11.8 Å². The summed E-state index contributed by atoms with van der Waals surface area (Å²) in [6, 6.07) is -0.738. The standard InChI is InChI=1S/C19H32N2O3/c1-12(20)15(22)19-7-5-13(6-8-19)9-18(19)10-14(21-11-18)16(23)24-17(2,3)4/h12-14,21H,5-11,20H2,1-4H3/t12?,13?,14-,18?,19?/m0/s1. The summed E-state index contributed by atoms with van der Waals surface area (Å²) < 4.78 is 5.57. The number of carbonyl (C=O) groups is 2. The molecule has 5 heteroatoms. The zero-order valence-electron chi connectivity index (χ0n) is 15.5. The van der Waals surface area contributed by atoms with Crippen molar-refractivity contribution in [3.8, 4) is 0 Å². The summed E-state index contributed by atoms with van der Waals surface area (Å²) in [6.45, 7) is 8.20. The third-order valence-corrected chi connectivity index (χ3v) is 6.51. The van der Waals surface area contributed by atoms with E-state index in [-0.39, 0.29) is 28.6 Å². The molecule has 136 valence electrons. The van der Waals surface area contributed by atoms with Gasteiger partial charge in [0.15, 0.2) is 5.78 Å². The van der Waals surface area contributed by atoms with Crippen molar-refractivity contribution in [1.29, 1.82) is 0 Å². The van der Waals surface area contributed by atoms with E-state index < -0.39 is 11.6 Å². The van der Waals surface area contributed by atoms with Gasteiger partial charge in [-0.1, -0.05) is 0 Å². The van der Waals surface area contributed by atoms with Crippen molar-refractivity contribution in [1.82, 2.24) is 5.32 Å². The summed E-state index contributed by atoms with van der Waals surface area (Å²) >= 11 is 0. The van der Waals surface area contributed by atoms with E-state index in [1.165, 1.54) is 0 Å². The van der Waals surface area contributed by atoms with Crippen LogP contribution in [0.3, 0.4) is 0 Å². The van der Waals surface area contributed by atoms with Crippen LogP contribution in [0.5, 0.6) is 0 Å². The number of nitrogens with two attached hydrogens (primary N) is 1. The number of ether oxygens (including phenoxy) is 1. The smallest absolute Gasteiger partial charge is 0.323 e. The summed E-state index contributed by atoms with van der Waals surface area (Å²) in [6.07, 6.45) is 5.85. The number of hydrogen-bond acceptors (Lipinski definition) is 5. The predicted octanol–water partition coefficient (Wildman–Crippen LogP) is 2.17. The zero-order chi connectivity index (χ0) is 17.8. The van der Waals surface area contributed by atoms with Crippen LogP contribution in [0, 0.1) is 16.7 Å². The monoisotopic (exact) mass is 336 g/mol. The third kappa shape index (κ3) is 2.80. The second-order valence-electron chi connectivity index (χ2n) is 9.33. The highest BCUT2D eigenvalue weighted by Gasteiger charge is 2.64. The molecule has 2 bridgehead atoms. The molecule has 3 saturated carbocycles. The normalized spacial score (nSPS) is 39.9. The van der Waals surface area contributed by atoms with Gasteiger partial charge in [0, 0.05) is 12.0 Å². The van der Waals surface area contributed by atoms with Crippen molar-refractivity contribution in [3.05, 3.63) is 0 Å². The molecule has 1 spiro atoms. The van der Waals surface area contributed by atoms with Crippen LogP contribution in [0.1, 0.15) is 66.2 Å². The molecule has 4 fully saturated rings. The minimum Gasteiger partial charge on any atom is -0.459 e. The van der Waals surface area contributed by atoms with Gasteiger partial charge in [-0.25, -0.2) is 0 Å². The summed E-state index contributed by atoms with van der Waals surface area (Å²) in [7, 11) is 0. The molecule has 3 atom stereocenters. The van der Waals surface area contributed by atoms with E-state index in [1.807, 2.05) is 20.8 Å². The minimum atomic E-state index is -0.487. The first-order chi connectivity index (χ1) is 11.1. The van der Waals surface area contributed by atoms with Gasteiger partial charge in [0.25, 0.3) is 0 Å². The van der Waals surface area contributed by atoms with Gasteiger partial charge in [0.1, 0.15) is 11.6 Å². The Bertz CT molecular complexity index is 529. The Morgan fingerprint density at radius 1 is 1.21 bits per heavy atom. The van der Waals surface area contributed by atoms with Gasteiger partial charge in [-0.15, -0.1) is 0 Å². The van der Waals surface area contributed by atoms with Gasteiger partial charge in [-0.2, -0.15) is 0 Å². The molecule has 1 heterocycles. The predicted molar refractivity (Wildman–Crippen MR) is 92.4 cm³/mol. The number of ketones is 1. The second-order valence-corrected chi connectivity index (χ2v) is 9.33. The average molecular weight is 336 g/mol. The largest absolute Gasteiger partial charge is 0.459 e. The lowest BCUT2D eigenvalue weighted by Crippen LogP contribution is -2.59. The van der Waals surface area contributed by atoms with Gasteiger partial charge < -0.3 is 15.8 Å². The SMILES string of the molecule is CC(N)C(=O)C12CCC(CC1)CC21CN[C@H](C(=O)OC(C)(C)C)C1. The molecule has 0 aromatic carbocycles. The quantitative estimate of drug-likeness (QED) is 0.772. The van der Waals surface area contributed by atoms with Crippen molar-refractivity contribution in [2.75, 3.05) is 6.54 Å². The van der Waals surface area contributed by atoms with E-state index in [4.69, 9.17) is 10.5 Å². The van der Waals surface area contributed by atoms with Gasteiger partial charge in [0.05, 0.1) is 6.04 Å². The zero-order valence-corrected chi connectivity index (χ0v) is 15.5. The lowest BCUT2D eigenvalue weighted by molar-refractivity contribution is -0.160. The molecule has 5 nitrogen and oxygen atoms in total. The highest BCUT2D eigenvalue weighted by Crippen LogP contribution is 2.64. The Labute approximate surface area is 145 Å². The van der Waals surface area contributed by atoms with Crippen molar-refractivity contribution < 1.29 is 14.3 Å². The lowest BCUT2D eigenvalue weighted by Gasteiger charge is -2.58. The fourth-order valence-electron chi connectivity index (χ4n) is 5.51. The highest BCUT2D eigenvalue weighted by atomic mass is 16.6. The van der Waals surface area contributed by atoms with Crippen molar-refractivity contribution in [2.45, 2.75) is 83.9 Å².